The minimum atomic E-state index is -1.03. The van der Waals surface area contributed by atoms with Crippen LogP contribution >= 0.6 is 0 Å². The molecule has 1 fully saturated rings. The first kappa shape index (κ1) is 11.9. The van der Waals surface area contributed by atoms with E-state index in [1.807, 2.05) is 42.5 Å². The van der Waals surface area contributed by atoms with Crippen molar-refractivity contribution in [1.82, 2.24) is 4.98 Å². The molecule has 0 amide bonds. The second-order valence-electron chi connectivity index (χ2n) is 4.38. The van der Waals surface area contributed by atoms with Crippen molar-refractivity contribution in [2.45, 2.75) is 11.7 Å². The molecule has 0 saturated carbocycles. The summed E-state index contributed by atoms with van der Waals surface area (Å²) in [6.07, 6.45) is 3.06. The Kier molecular flexibility index (Phi) is 2.80. The van der Waals surface area contributed by atoms with Crippen molar-refractivity contribution in [2.24, 2.45) is 0 Å². The van der Waals surface area contributed by atoms with Crippen molar-refractivity contribution in [2.75, 3.05) is 7.11 Å². The molecule has 2 unspecified atom stereocenters. The Balaban J connectivity index is 2.01. The highest BCUT2D eigenvalue weighted by molar-refractivity contribution is 5.85. The van der Waals surface area contributed by atoms with Crippen molar-refractivity contribution >= 4 is 5.97 Å². The number of ether oxygens (including phenoxy) is 2. The van der Waals surface area contributed by atoms with E-state index in [-0.39, 0.29) is 12.1 Å². The summed E-state index contributed by atoms with van der Waals surface area (Å²) in [7, 11) is 1.37. The Labute approximate surface area is 111 Å². The molecule has 0 N–H and O–H groups in total. The lowest BCUT2D eigenvalue weighted by Gasteiger charge is -2.10. The number of benzene rings is 1. The first-order valence-corrected chi connectivity index (χ1v) is 6.00. The highest BCUT2D eigenvalue weighted by atomic mass is 16.7. The number of pyridine rings is 1. The maximum Gasteiger partial charge on any atom is 0.346 e. The molecule has 4 heteroatoms. The Morgan fingerprint density at radius 2 is 2.05 bits per heavy atom. The molecule has 19 heavy (non-hydrogen) atoms. The zero-order valence-corrected chi connectivity index (χ0v) is 10.4. The fourth-order valence-electron chi connectivity index (χ4n) is 2.32. The number of hydrogen-bond donors (Lipinski definition) is 0. The molecule has 0 aliphatic carbocycles. The molecule has 0 spiro atoms. The van der Waals surface area contributed by atoms with Crippen molar-refractivity contribution in [1.29, 1.82) is 0 Å². The second-order valence-corrected chi connectivity index (χ2v) is 4.38. The van der Waals surface area contributed by atoms with E-state index in [2.05, 4.69) is 4.98 Å². The van der Waals surface area contributed by atoms with Crippen LogP contribution in [0.1, 0.15) is 17.2 Å². The number of carbonyl (C=O) groups is 1. The highest BCUT2D eigenvalue weighted by Gasteiger charge is 2.65. The standard InChI is InChI=1S/C15H13NO3/c1-18-14(17)15(12-7-3-2-4-8-12)13(19-15)11-6-5-9-16-10-11/h2-10,13H,1H3. The van der Waals surface area contributed by atoms with Crippen molar-refractivity contribution in [3.8, 4) is 0 Å². The van der Waals surface area contributed by atoms with Crippen molar-refractivity contribution in [3.63, 3.8) is 0 Å². The summed E-state index contributed by atoms with van der Waals surface area (Å²) in [4.78, 5) is 16.2. The number of nitrogens with zero attached hydrogens (tertiary/aromatic N) is 1. The Morgan fingerprint density at radius 3 is 2.68 bits per heavy atom. The summed E-state index contributed by atoms with van der Waals surface area (Å²) in [5.74, 6) is -0.382. The molecular weight excluding hydrogens is 242 g/mol. The van der Waals surface area contributed by atoms with Gasteiger partial charge in [0.25, 0.3) is 0 Å². The lowest BCUT2D eigenvalue weighted by molar-refractivity contribution is -0.147. The molecule has 2 atom stereocenters. The van der Waals surface area contributed by atoms with Crippen LogP contribution in [0.3, 0.4) is 0 Å². The van der Waals surface area contributed by atoms with Gasteiger partial charge in [0.1, 0.15) is 6.10 Å². The van der Waals surface area contributed by atoms with Gasteiger partial charge in [-0.2, -0.15) is 0 Å². The Morgan fingerprint density at radius 1 is 1.26 bits per heavy atom. The number of carbonyl (C=O) groups excluding carboxylic acids is 1. The summed E-state index contributed by atoms with van der Waals surface area (Å²) in [5.41, 5.74) is 0.645. The average Bonchev–Trinajstić information content (AvgIpc) is 3.25. The van der Waals surface area contributed by atoms with Gasteiger partial charge < -0.3 is 9.47 Å². The van der Waals surface area contributed by atoms with Gasteiger partial charge in [0.05, 0.1) is 7.11 Å². The summed E-state index contributed by atoms with van der Waals surface area (Å²) >= 11 is 0. The fraction of sp³-hybridized carbons (Fsp3) is 0.200. The maximum absolute atomic E-state index is 12.1. The number of rotatable bonds is 3. The lowest BCUT2D eigenvalue weighted by atomic mass is 9.92. The number of aromatic nitrogens is 1. The highest BCUT2D eigenvalue weighted by Crippen LogP contribution is 2.57. The van der Waals surface area contributed by atoms with Gasteiger partial charge in [0.15, 0.2) is 0 Å². The molecule has 1 aromatic carbocycles. The van der Waals surface area contributed by atoms with Gasteiger partial charge in [-0.1, -0.05) is 36.4 Å². The molecule has 1 saturated heterocycles. The summed E-state index contributed by atoms with van der Waals surface area (Å²) in [5, 5.41) is 0. The van der Waals surface area contributed by atoms with Gasteiger partial charge in [0.2, 0.25) is 5.60 Å². The molecule has 1 aliphatic rings. The molecule has 1 aliphatic heterocycles. The minimum absolute atomic E-state index is 0.337. The van der Waals surface area contributed by atoms with Gasteiger partial charge in [-0.3, -0.25) is 4.98 Å². The summed E-state index contributed by atoms with van der Waals surface area (Å²) in [6, 6.07) is 13.1. The molecular formula is C15H13NO3. The van der Waals surface area contributed by atoms with E-state index in [4.69, 9.17) is 9.47 Å². The Hall–Kier alpha value is -2.20. The second kappa shape index (κ2) is 4.48. The third-order valence-electron chi connectivity index (χ3n) is 3.29. The zero-order valence-electron chi connectivity index (χ0n) is 10.4. The van der Waals surface area contributed by atoms with Gasteiger partial charge in [-0.15, -0.1) is 0 Å². The van der Waals surface area contributed by atoms with Crippen LogP contribution in [0.5, 0.6) is 0 Å². The zero-order chi connectivity index (χ0) is 13.3. The predicted molar refractivity (Wildman–Crippen MR) is 68.2 cm³/mol. The smallest absolute Gasteiger partial charge is 0.346 e. The van der Waals surface area contributed by atoms with Crippen LogP contribution in [0.15, 0.2) is 54.9 Å². The molecule has 1 aromatic heterocycles. The van der Waals surface area contributed by atoms with Crippen molar-refractivity contribution in [3.05, 3.63) is 66.0 Å². The van der Waals surface area contributed by atoms with Crippen LogP contribution in [0.25, 0.3) is 0 Å². The van der Waals surface area contributed by atoms with Gasteiger partial charge in [-0.05, 0) is 11.6 Å². The monoisotopic (exact) mass is 255 g/mol. The van der Waals surface area contributed by atoms with Crippen LogP contribution < -0.4 is 0 Å². The van der Waals surface area contributed by atoms with Gasteiger partial charge >= 0.3 is 5.97 Å². The number of hydrogen-bond acceptors (Lipinski definition) is 4. The summed E-state index contributed by atoms with van der Waals surface area (Å²) < 4.78 is 10.6. The molecule has 2 aromatic rings. The fourth-order valence-corrected chi connectivity index (χ4v) is 2.32. The third kappa shape index (κ3) is 1.81. The van der Waals surface area contributed by atoms with E-state index >= 15 is 0 Å². The van der Waals surface area contributed by atoms with E-state index in [9.17, 15) is 4.79 Å². The predicted octanol–water partition coefficient (Wildman–Crippen LogP) is 2.22. The number of esters is 1. The number of methoxy groups -OCH3 is 1. The summed E-state index contributed by atoms with van der Waals surface area (Å²) in [6.45, 7) is 0. The molecule has 0 radical (unpaired) electrons. The quantitative estimate of drug-likeness (QED) is 0.623. The van der Waals surface area contributed by atoms with E-state index in [1.165, 1.54) is 7.11 Å². The molecule has 0 bridgehead atoms. The SMILES string of the molecule is COC(=O)C1(c2ccccc2)OC1c1cccnc1. The first-order chi connectivity index (χ1) is 9.29. The van der Waals surface area contributed by atoms with Crippen LogP contribution in [0.4, 0.5) is 0 Å². The van der Waals surface area contributed by atoms with Crippen LogP contribution in [0, 0.1) is 0 Å². The molecule has 2 heterocycles. The van der Waals surface area contributed by atoms with E-state index in [0.717, 1.165) is 11.1 Å². The van der Waals surface area contributed by atoms with Gasteiger partial charge in [0, 0.05) is 18.0 Å². The van der Waals surface area contributed by atoms with Crippen molar-refractivity contribution < 1.29 is 14.3 Å². The maximum atomic E-state index is 12.1. The van der Waals surface area contributed by atoms with Gasteiger partial charge in [-0.25, -0.2) is 4.79 Å². The molecule has 96 valence electrons. The van der Waals surface area contributed by atoms with E-state index in [1.54, 1.807) is 12.4 Å². The van der Waals surface area contributed by atoms with E-state index < -0.39 is 5.60 Å². The molecule has 3 rings (SSSR count). The average molecular weight is 255 g/mol. The molecule has 4 nitrogen and oxygen atoms in total. The largest absolute Gasteiger partial charge is 0.467 e. The normalized spacial score (nSPS) is 24.8. The van der Waals surface area contributed by atoms with Crippen LogP contribution in [0.2, 0.25) is 0 Å². The van der Waals surface area contributed by atoms with Crippen LogP contribution in [-0.4, -0.2) is 18.1 Å². The van der Waals surface area contributed by atoms with Crippen LogP contribution in [-0.2, 0) is 19.9 Å². The number of epoxide rings is 1. The topological polar surface area (TPSA) is 51.7 Å². The first-order valence-electron chi connectivity index (χ1n) is 6.00. The lowest BCUT2D eigenvalue weighted by Crippen LogP contribution is -2.24. The van der Waals surface area contributed by atoms with E-state index in [0.29, 0.717) is 0 Å². The third-order valence-corrected chi connectivity index (χ3v) is 3.29. The minimum Gasteiger partial charge on any atom is -0.467 e. The Bertz CT molecular complexity index is 585.